The summed E-state index contributed by atoms with van der Waals surface area (Å²) in [4.78, 5) is 8.89. The second-order valence-corrected chi connectivity index (χ2v) is 6.48. The lowest BCUT2D eigenvalue weighted by Crippen LogP contribution is -2.38. The van der Waals surface area contributed by atoms with Gasteiger partial charge in [-0.3, -0.25) is 0 Å². The molecule has 2 atom stereocenters. The lowest BCUT2D eigenvalue weighted by molar-refractivity contribution is 0.146. The second kappa shape index (κ2) is 7.99. The van der Waals surface area contributed by atoms with E-state index in [2.05, 4.69) is 20.6 Å². The number of nitrogens with one attached hydrogen (secondary N) is 2. The van der Waals surface area contributed by atoms with Gasteiger partial charge in [0.05, 0.1) is 6.07 Å². The molecular formula is C15H24N4O2S. The number of aromatic nitrogens is 2. The Balaban J connectivity index is 1.67. The van der Waals surface area contributed by atoms with Gasteiger partial charge in [-0.25, -0.2) is 0 Å². The number of thioether (sulfide) groups is 1. The third-order valence-electron chi connectivity index (χ3n) is 3.92. The zero-order valence-electron chi connectivity index (χ0n) is 13.0. The minimum Gasteiger partial charge on any atom is -0.473 e. The van der Waals surface area contributed by atoms with Gasteiger partial charge < -0.3 is 20.1 Å². The second-order valence-electron chi connectivity index (χ2n) is 5.70. The first-order valence-electron chi connectivity index (χ1n) is 8.01. The summed E-state index contributed by atoms with van der Waals surface area (Å²) in [6.07, 6.45) is 6.74. The molecule has 122 valence electrons. The predicted octanol–water partition coefficient (Wildman–Crippen LogP) is 1.46. The van der Waals surface area contributed by atoms with Crippen LogP contribution in [-0.4, -0.2) is 54.6 Å². The van der Waals surface area contributed by atoms with E-state index >= 15 is 0 Å². The quantitative estimate of drug-likeness (QED) is 0.628. The van der Waals surface area contributed by atoms with Crippen LogP contribution in [0.4, 0.5) is 0 Å². The Morgan fingerprint density at radius 2 is 1.55 bits per heavy atom. The third-order valence-corrected chi connectivity index (χ3v) is 4.47. The normalized spacial score (nSPS) is 25.7. The molecular weight excluding hydrogens is 300 g/mol. The first-order chi connectivity index (χ1) is 10.8. The Kier molecular flexibility index (Phi) is 5.75. The van der Waals surface area contributed by atoms with Crippen molar-refractivity contribution in [3.63, 3.8) is 0 Å². The van der Waals surface area contributed by atoms with Crippen LogP contribution in [0.15, 0.2) is 11.2 Å². The lowest BCUT2D eigenvalue weighted by atomic mass is 10.1. The fourth-order valence-corrected chi connectivity index (χ4v) is 3.14. The van der Waals surface area contributed by atoms with Crippen LogP contribution in [0.2, 0.25) is 0 Å². The molecule has 2 N–H and O–H groups in total. The standard InChI is InChI=1S/C15H24N4O2S/c1-22-15-18-13(20-11-4-2-6-16-9-11)8-14(19-15)21-12-5-3-7-17-10-12/h8,11-12,16-17H,2-7,9-10H2,1H3. The summed E-state index contributed by atoms with van der Waals surface area (Å²) < 4.78 is 12.0. The van der Waals surface area contributed by atoms with Crippen molar-refractivity contribution in [2.75, 3.05) is 32.4 Å². The molecule has 2 aliphatic heterocycles. The summed E-state index contributed by atoms with van der Waals surface area (Å²) >= 11 is 1.51. The highest BCUT2D eigenvalue weighted by molar-refractivity contribution is 7.98. The van der Waals surface area contributed by atoms with Gasteiger partial charge >= 0.3 is 0 Å². The van der Waals surface area contributed by atoms with Crippen LogP contribution in [0.25, 0.3) is 0 Å². The molecule has 7 heteroatoms. The monoisotopic (exact) mass is 324 g/mol. The SMILES string of the molecule is CSc1nc(OC2CCCNC2)cc(OC2CCCNC2)n1. The first kappa shape index (κ1) is 15.8. The Hall–Kier alpha value is -1.05. The number of nitrogens with zero attached hydrogens (tertiary/aromatic N) is 2. The average molecular weight is 324 g/mol. The molecule has 22 heavy (non-hydrogen) atoms. The molecule has 0 amide bonds. The minimum atomic E-state index is 0.183. The van der Waals surface area contributed by atoms with E-state index in [1.807, 2.05) is 12.3 Å². The minimum absolute atomic E-state index is 0.183. The molecule has 0 bridgehead atoms. The van der Waals surface area contributed by atoms with Crippen molar-refractivity contribution < 1.29 is 9.47 Å². The van der Waals surface area contributed by atoms with Crippen LogP contribution >= 0.6 is 11.8 Å². The molecule has 0 aromatic carbocycles. The Labute approximate surface area is 135 Å². The van der Waals surface area contributed by atoms with Crippen LogP contribution in [-0.2, 0) is 0 Å². The topological polar surface area (TPSA) is 68.3 Å². The van der Waals surface area contributed by atoms with Crippen molar-refractivity contribution in [1.29, 1.82) is 0 Å². The van der Waals surface area contributed by atoms with Gasteiger partial charge in [0.1, 0.15) is 12.2 Å². The molecule has 0 saturated carbocycles. The van der Waals surface area contributed by atoms with E-state index in [9.17, 15) is 0 Å². The van der Waals surface area contributed by atoms with E-state index < -0.39 is 0 Å². The van der Waals surface area contributed by atoms with E-state index in [1.54, 1.807) is 0 Å². The largest absolute Gasteiger partial charge is 0.473 e. The summed E-state index contributed by atoms with van der Waals surface area (Å²) in [5.41, 5.74) is 0. The summed E-state index contributed by atoms with van der Waals surface area (Å²) in [5.74, 6) is 1.23. The molecule has 2 aliphatic rings. The van der Waals surface area contributed by atoms with Gasteiger partial charge in [0.25, 0.3) is 0 Å². The maximum atomic E-state index is 6.01. The van der Waals surface area contributed by atoms with Crippen LogP contribution < -0.4 is 20.1 Å². The number of hydrogen-bond acceptors (Lipinski definition) is 7. The van der Waals surface area contributed by atoms with E-state index in [0.29, 0.717) is 16.9 Å². The molecule has 2 saturated heterocycles. The number of ether oxygens (including phenoxy) is 2. The Morgan fingerprint density at radius 3 is 1.95 bits per heavy atom. The fraction of sp³-hybridized carbons (Fsp3) is 0.733. The third kappa shape index (κ3) is 4.47. The molecule has 2 unspecified atom stereocenters. The van der Waals surface area contributed by atoms with Gasteiger partial charge in [-0.05, 0) is 45.0 Å². The summed E-state index contributed by atoms with van der Waals surface area (Å²) in [7, 11) is 0. The van der Waals surface area contributed by atoms with Crippen LogP contribution in [0, 0.1) is 0 Å². The fourth-order valence-electron chi connectivity index (χ4n) is 2.78. The van der Waals surface area contributed by atoms with Crippen molar-refractivity contribution in [2.45, 2.75) is 43.0 Å². The molecule has 0 radical (unpaired) electrons. The predicted molar refractivity (Wildman–Crippen MR) is 86.9 cm³/mol. The lowest BCUT2D eigenvalue weighted by Gasteiger charge is -2.25. The van der Waals surface area contributed by atoms with Crippen LogP contribution in [0.5, 0.6) is 11.8 Å². The van der Waals surface area contributed by atoms with E-state index in [1.165, 1.54) is 11.8 Å². The number of hydrogen-bond donors (Lipinski definition) is 2. The Bertz CT molecular complexity index is 438. The van der Waals surface area contributed by atoms with Crippen molar-refractivity contribution in [2.24, 2.45) is 0 Å². The molecule has 3 rings (SSSR count). The zero-order valence-corrected chi connectivity index (χ0v) is 13.8. The summed E-state index contributed by atoms with van der Waals surface area (Å²) in [6.45, 7) is 3.90. The molecule has 3 heterocycles. The molecule has 0 aliphatic carbocycles. The maximum Gasteiger partial charge on any atom is 0.221 e. The molecule has 1 aromatic rings. The highest BCUT2D eigenvalue weighted by Gasteiger charge is 2.19. The summed E-state index contributed by atoms with van der Waals surface area (Å²) in [6, 6.07) is 1.82. The van der Waals surface area contributed by atoms with Gasteiger partial charge in [-0.15, -0.1) is 0 Å². The van der Waals surface area contributed by atoms with Crippen molar-refractivity contribution in [3.05, 3.63) is 6.07 Å². The molecule has 1 aromatic heterocycles. The highest BCUT2D eigenvalue weighted by Crippen LogP contribution is 2.24. The van der Waals surface area contributed by atoms with Crippen LogP contribution in [0.3, 0.4) is 0 Å². The zero-order chi connectivity index (χ0) is 15.2. The number of rotatable bonds is 5. The van der Waals surface area contributed by atoms with Crippen LogP contribution in [0.1, 0.15) is 25.7 Å². The maximum absolute atomic E-state index is 6.01. The van der Waals surface area contributed by atoms with E-state index in [0.717, 1.165) is 51.9 Å². The molecule has 0 spiro atoms. The van der Waals surface area contributed by atoms with Gasteiger partial charge in [0.2, 0.25) is 11.8 Å². The van der Waals surface area contributed by atoms with Crippen molar-refractivity contribution in [1.82, 2.24) is 20.6 Å². The van der Waals surface area contributed by atoms with Crippen molar-refractivity contribution >= 4 is 11.8 Å². The molecule has 6 nitrogen and oxygen atoms in total. The van der Waals surface area contributed by atoms with Gasteiger partial charge in [-0.2, -0.15) is 9.97 Å². The Morgan fingerprint density at radius 1 is 1.00 bits per heavy atom. The van der Waals surface area contributed by atoms with Gasteiger partial charge in [0.15, 0.2) is 5.16 Å². The average Bonchev–Trinajstić information content (AvgIpc) is 2.56. The smallest absolute Gasteiger partial charge is 0.221 e. The number of piperidine rings is 2. The van der Waals surface area contributed by atoms with Crippen molar-refractivity contribution in [3.8, 4) is 11.8 Å². The van der Waals surface area contributed by atoms with Gasteiger partial charge in [-0.1, -0.05) is 11.8 Å². The van der Waals surface area contributed by atoms with E-state index in [-0.39, 0.29) is 12.2 Å². The highest BCUT2D eigenvalue weighted by atomic mass is 32.2. The first-order valence-corrected chi connectivity index (χ1v) is 9.24. The molecule has 2 fully saturated rings. The van der Waals surface area contributed by atoms with E-state index in [4.69, 9.17) is 9.47 Å². The van der Waals surface area contributed by atoms with Gasteiger partial charge in [0, 0.05) is 13.1 Å². The summed E-state index contributed by atoms with van der Waals surface area (Å²) in [5, 5.41) is 7.40.